The number of carboxylic acid groups (broad SMARTS) is 1. The zero-order chi connectivity index (χ0) is 15.6. The van der Waals surface area contributed by atoms with Gasteiger partial charge in [0, 0.05) is 21.7 Å². The van der Waals surface area contributed by atoms with Crippen molar-refractivity contribution in [1.82, 2.24) is 9.71 Å². The van der Waals surface area contributed by atoms with Crippen LogP contribution in [0, 0.1) is 13.8 Å². The lowest BCUT2D eigenvalue weighted by Gasteiger charge is -2.03. The highest BCUT2D eigenvalue weighted by Crippen LogP contribution is 2.36. The Morgan fingerprint density at radius 2 is 1.86 bits per heavy atom. The monoisotopic (exact) mass is 294 g/mol. The number of nitrogens with one attached hydrogen (secondary N) is 1. The second-order valence-corrected chi connectivity index (χ2v) is 5.58. The van der Waals surface area contributed by atoms with Gasteiger partial charge in [0.15, 0.2) is 0 Å². The normalized spacial score (nSPS) is 11.7. The third-order valence-corrected chi connectivity index (χ3v) is 4.40. The van der Waals surface area contributed by atoms with E-state index in [-0.39, 0.29) is 5.69 Å². The van der Waals surface area contributed by atoms with Crippen molar-refractivity contribution in [2.45, 2.75) is 13.8 Å². The molecule has 0 amide bonds. The van der Waals surface area contributed by atoms with Crippen molar-refractivity contribution in [2.75, 3.05) is 0 Å². The third-order valence-electron chi connectivity index (χ3n) is 4.40. The number of aromatic nitrogens is 2. The Hall–Kier alpha value is -2.95. The highest BCUT2D eigenvalue weighted by atomic mass is 16.5. The second kappa shape index (κ2) is 4.04. The van der Waals surface area contributed by atoms with E-state index >= 15 is 0 Å². The summed E-state index contributed by atoms with van der Waals surface area (Å²) in [5.41, 5.74) is 3.98. The summed E-state index contributed by atoms with van der Waals surface area (Å²) in [6.45, 7) is 3.69. The number of carboxylic acids is 1. The number of nitrogens with zero attached hydrogens (tertiary/aromatic N) is 1. The molecule has 5 nitrogen and oxygen atoms in total. The molecule has 0 aliphatic carbocycles. The van der Waals surface area contributed by atoms with E-state index in [0.29, 0.717) is 11.1 Å². The zero-order valence-corrected chi connectivity index (χ0v) is 12.1. The average molecular weight is 294 g/mol. The molecule has 22 heavy (non-hydrogen) atoms. The van der Waals surface area contributed by atoms with Gasteiger partial charge >= 0.3 is 5.97 Å². The number of hydrogen-bond acceptors (Lipinski definition) is 2. The summed E-state index contributed by atoms with van der Waals surface area (Å²) in [4.78, 5) is 14.3. The summed E-state index contributed by atoms with van der Waals surface area (Å²) in [5, 5.41) is 22.5. The Morgan fingerprint density at radius 3 is 2.59 bits per heavy atom. The molecule has 0 saturated heterocycles. The van der Waals surface area contributed by atoms with Crippen molar-refractivity contribution in [3.63, 3.8) is 0 Å². The summed E-state index contributed by atoms with van der Waals surface area (Å²) in [5.74, 6) is -0.977. The Kier molecular flexibility index (Phi) is 2.34. The molecular weight excluding hydrogens is 280 g/mol. The average Bonchev–Trinajstić information content (AvgIpc) is 2.97. The van der Waals surface area contributed by atoms with Crippen molar-refractivity contribution in [2.24, 2.45) is 0 Å². The van der Waals surface area contributed by atoms with E-state index in [0.717, 1.165) is 32.8 Å². The fourth-order valence-corrected chi connectivity index (χ4v) is 3.44. The summed E-state index contributed by atoms with van der Waals surface area (Å²) in [7, 11) is 0. The van der Waals surface area contributed by atoms with Crippen LogP contribution in [0.5, 0.6) is 0 Å². The first-order chi connectivity index (χ1) is 10.5. The number of H-pyrrole nitrogens is 1. The predicted molar refractivity (Wildman–Crippen MR) is 84.9 cm³/mol. The van der Waals surface area contributed by atoms with E-state index in [1.54, 1.807) is 6.92 Å². The minimum atomic E-state index is -0.977. The lowest BCUT2D eigenvalue weighted by molar-refractivity contribution is 0.0691. The Labute approximate surface area is 125 Å². The molecule has 5 heteroatoms. The molecule has 2 heterocycles. The molecule has 3 N–H and O–H groups in total. The van der Waals surface area contributed by atoms with E-state index in [1.165, 1.54) is 4.73 Å². The second-order valence-electron chi connectivity index (χ2n) is 5.58. The number of aromatic amines is 1. The number of aryl methyl sites for hydroxylation is 2. The molecule has 0 spiro atoms. The molecule has 0 bridgehead atoms. The Morgan fingerprint density at radius 1 is 1.14 bits per heavy atom. The smallest absolute Gasteiger partial charge is 0.352 e. The number of carbonyl (C=O) groups is 1. The molecule has 0 saturated carbocycles. The van der Waals surface area contributed by atoms with Crippen molar-refractivity contribution < 1.29 is 15.1 Å². The fraction of sp³-hybridized carbons (Fsp3) is 0.118. The predicted octanol–water partition coefficient (Wildman–Crippen LogP) is 3.83. The summed E-state index contributed by atoms with van der Waals surface area (Å²) < 4.78 is 1.19. The lowest BCUT2D eigenvalue weighted by Crippen LogP contribution is -1.98. The van der Waals surface area contributed by atoms with Gasteiger partial charge in [-0.1, -0.05) is 18.2 Å². The molecule has 110 valence electrons. The Balaban J connectivity index is 2.29. The molecule has 2 aromatic carbocycles. The number of rotatable bonds is 1. The van der Waals surface area contributed by atoms with Crippen LogP contribution in [0.4, 0.5) is 0 Å². The number of aromatic carboxylic acids is 1. The minimum absolute atomic E-state index is 0.194. The largest absolute Gasteiger partial charge is 0.477 e. The molecular formula is C17H14N2O3. The minimum Gasteiger partial charge on any atom is -0.477 e. The van der Waals surface area contributed by atoms with Crippen LogP contribution >= 0.6 is 0 Å². The molecule has 0 aliphatic rings. The van der Waals surface area contributed by atoms with Gasteiger partial charge in [-0.3, -0.25) is 0 Å². The highest BCUT2D eigenvalue weighted by Gasteiger charge is 2.20. The van der Waals surface area contributed by atoms with Gasteiger partial charge in [-0.05, 0) is 37.1 Å². The van der Waals surface area contributed by atoms with E-state index in [1.807, 2.05) is 37.3 Å². The molecule has 0 atom stereocenters. The first kappa shape index (κ1) is 12.8. The highest BCUT2D eigenvalue weighted by molar-refractivity contribution is 6.15. The van der Waals surface area contributed by atoms with Crippen LogP contribution in [0.25, 0.3) is 32.7 Å². The van der Waals surface area contributed by atoms with Gasteiger partial charge in [0.25, 0.3) is 0 Å². The van der Waals surface area contributed by atoms with Crippen LogP contribution in [0.1, 0.15) is 21.6 Å². The van der Waals surface area contributed by atoms with E-state index < -0.39 is 5.97 Å². The number of fused-ring (bicyclic) bond motifs is 4. The number of hydrogen-bond donors (Lipinski definition) is 3. The van der Waals surface area contributed by atoms with Crippen LogP contribution in [0.3, 0.4) is 0 Å². The van der Waals surface area contributed by atoms with E-state index in [4.69, 9.17) is 0 Å². The maximum absolute atomic E-state index is 11.3. The lowest BCUT2D eigenvalue weighted by atomic mass is 10.0. The molecule has 2 aromatic heterocycles. The molecule has 0 radical (unpaired) electrons. The molecule has 0 unspecified atom stereocenters. The topological polar surface area (TPSA) is 78.2 Å². The van der Waals surface area contributed by atoms with Crippen LogP contribution < -0.4 is 0 Å². The maximum atomic E-state index is 11.3. The molecule has 4 rings (SSSR count). The first-order valence-electron chi connectivity index (χ1n) is 6.98. The molecule has 4 aromatic rings. The van der Waals surface area contributed by atoms with Crippen LogP contribution in [-0.2, 0) is 0 Å². The first-order valence-corrected chi connectivity index (χ1v) is 6.98. The van der Waals surface area contributed by atoms with Gasteiger partial charge in [0.2, 0.25) is 0 Å². The van der Waals surface area contributed by atoms with Crippen LogP contribution in [0.2, 0.25) is 0 Å². The number of benzene rings is 2. The number of para-hydroxylation sites is 1. The van der Waals surface area contributed by atoms with E-state index in [2.05, 4.69) is 4.98 Å². The summed E-state index contributed by atoms with van der Waals surface area (Å²) in [6.07, 6.45) is 0. The van der Waals surface area contributed by atoms with Gasteiger partial charge in [0.05, 0.1) is 11.0 Å². The van der Waals surface area contributed by atoms with Gasteiger partial charge in [-0.15, -0.1) is 0 Å². The molecule has 0 aliphatic heterocycles. The molecule has 0 fully saturated rings. The zero-order valence-electron chi connectivity index (χ0n) is 12.1. The van der Waals surface area contributed by atoms with Gasteiger partial charge in [0.1, 0.15) is 5.69 Å². The van der Waals surface area contributed by atoms with Gasteiger partial charge in [-0.2, -0.15) is 4.73 Å². The van der Waals surface area contributed by atoms with Crippen molar-refractivity contribution in [3.05, 3.63) is 47.2 Å². The fourth-order valence-electron chi connectivity index (χ4n) is 3.44. The SMILES string of the molecule is Cc1c(C(=O)O)[nH]c2cc3c4ccccc4n(O)c3c(C)c12. The maximum Gasteiger partial charge on any atom is 0.352 e. The summed E-state index contributed by atoms with van der Waals surface area (Å²) in [6, 6.07) is 9.52. The van der Waals surface area contributed by atoms with Crippen molar-refractivity contribution in [1.29, 1.82) is 0 Å². The van der Waals surface area contributed by atoms with Crippen molar-refractivity contribution in [3.8, 4) is 0 Å². The third kappa shape index (κ3) is 1.40. The van der Waals surface area contributed by atoms with E-state index in [9.17, 15) is 15.1 Å². The van der Waals surface area contributed by atoms with Crippen molar-refractivity contribution >= 4 is 38.7 Å². The van der Waals surface area contributed by atoms with Crippen LogP contribution in [0.15, 0.2) is 30.3 Å². The quantitative estimate of drug-likeness (QED) is 0.467. The van der Waals surface area contributed by atoms with Gasteiger partial charge < -0.3 is 15.3 Å². The Bertz CT molecular complexity index is 1090. The van der Waals surface area contributed by atoms with Gasteiger partial charge in [-0.25, -0.2) is 4.79 Å². The van der Waals surface area contributed by atoms with Crippen LogP contribution in [-0.4, -0.2) is 26.0 Å². The summed E-state index contributed by atoms with van der Waals surface area (Å²) >= 11 is 0. The standard InChI is InChI=1S/C17H14N2O3/c1-8-14-9(2)16-11(7-12(14)18-15(8)17(20)21)10-5-3-4-6-13(10)19(16)22/h3-7,18,22H,1-2H3,(H,20,21).